The lowest BCUT2D eigenvalue weighted by molar-refractivity contribution is 0.332. The molecule has 12 nitrogen and oxygen atoms in total. The molecule has 4 aromatic heterocycles. The number of fused-ring (bicyclic) bond motifs is 10. The first-order valence-electron chi connectivity index (χ1n) is 39.4. The third-order valence-corrected chi connectivity index (χ3v) is 24.8. The van der Waals surface area contributed by atoms with Gasteiger partial charge in [-0.25, -0.2) is 0 Å². The van der Waals surface area contributed by atoms with Crippen molar-refractivity contribution in [2.24, 2.45) is 0 Å². The highest BCUT2D eigenvalue weighted by molar-refractivity contribution is 7.02. The second-order valence-corrected chi connectivity index (χ2v) is 36.1. The van der Waals surface area contributed by atoms with Crippen molar-refractivity contribution in [3.8, 4) is 34.9 Å². The standard InChI is InChI=1S/C96H94B2N10O2/c1-59-35-29-31-47-71(59)107(73-49-33-45-65-79(73)95(13,14)53-51-93(65,9)10)89-99-83-81-85(101-89)109-87-69(56-77(91(3,4)5)105(87)63-41-25-19-26-42-63)97(81)67-55-68-76(58-75(67)103(83)61-37-21-17-22-38-61)104(62-39-23-18-24-40-62)84-82-86(110-88-70(98(68)82)57-78(92(6,7)8)106(88)64-43-27-20-28-44-64)102-90(100-84)108(72-48-32-30-36-60(72)2)74-50-34-46-66-80(74)96(15,16)54-52-94(66,11)12/h17-50,55-58H,51-54H2,1-16H3. The quantitative estimate of drug-likeness (QED) is 0.123. The first-order chi connectivity index (χ1) is 52.7. The molecule has 0 atom stereocenters. The van der Waals surface area contributed by atoms with Crippen LogP contribution in [0.2, 0.25) is 0 Å². The van der Waals surface area contributed by atoms with Crippen LogP contribution in [0.4, 0.5) is 69.0 Å². The number of benzene rings is 9. The Hall–Kier alpha value is -11.4. The summed E-state index contributed by atoms with van der Waals surface area (Å²) in [7, 11) is 0. The monoisotopic (exact) mass is 1440 g/mol. The molecule has 0 N–H and O–H groups in total. The number of ether oxygens (including phenoxy) is 2. The van der Waals surface area contributed by atoms with E-state index in [4.69, 9.17) is 29.4 Å². The van der Waals surface area contributed by atoms with Crippen LogP contribution in [0.25, 0.3) is 11.4 Å². The van der Waals surface area contributed by atoms with Crippen LogP contribution in [0.3, 0.4) is 0 Å². The minimum atomic E-state index is -0.461. The van der Waals surface area contributed by atoms with Crippen molar-refractivity contribution in [3.63, 3.8) is 0 Å². The Kier molecular flexibility index (Phi) is 15.4. The van der Waals surface area contributed by atoms with Crippen LogP contribution in [0, 0.1) is 13.8 Å². The van der Waals surface area contributed by atoms with Gasteiger partial charge in [-0.15, -0.1) is 0 Å². The van der Waals surface area contributed by atoms with Crippen molar-refractivity contribution in [3.05, 3.63) is 275 Å². The van der Waals surface area contributed by atoms with Gasteiger partial charge < -0.3 is 9.47 Å². The fourth-order valence-corrected chi connectivity index (χ4v) is 19.1. The molecule has 546 valence electrons. The molecule has 14 heteroatoms. The van der Waals surface area contributed by atoms with Gasteiger partial charge in [-0.2, -0.15) is 19.9 Å². The summed E-state index contributed by atoms with van der Waals surface area (Å²) in [5, 5.41) is 0. The highest BCUT2D eigenvalue weighted by Crippen LogP contribution is 2.56. The number of para-hydroxylation sites is 6. The zero-order valence-corrected chi connectivity index (χ0v) is 66.2. The lowest BCUT2D eigenvalue weighted by atomic mass is 9.31. The van der Waals surface area contributed by atoms with Crippen LogP contribution in [0.1, 0.15) is 167 Å². The van der Waals surface area contributed by atoms with Gasteiger partial charge >= 0.3 is 0 Å². The van der Waals surface area contributed by atoms with Crippen LogP contribution >= 0.6 is 0 Å². The molecule has 0 fully saturated rings. The fourth-order valence-electron chi connectivity index (χ4n) is 19.1. The maximum atomic E-state index is 7.87. The largest absolute Gasteiger partial charge is 0.423 e. The third kappa shape index (κ3) is 10.6. The van der Waals surface area contributed by atoms with E-state index in [2.05, 4.69) is 370 Å². The van der Waals surface area contributed by atoms with E-state index in [1.807, 2.05) is 0 Å². The molecule has 9 aromatic carbocycles. The Morgan fingerprint density at radius 3 is 1.05 bits per heavy atom. The summed E-state index contributed by atoms with van der Waals surface area (Å²) in [6, 6.07) is 84.2. The van der Waals surface area contributed by atoms with E-state index < -0.39 is 13.4 Å². The van der Waals surface area contributed by atoms with Crippen LogP contribution in [-0.2, 0) is 32.5 Å². The molecular weight excluding hydrogens is 1350 g/mol. The van der Waals surface area contributed by atoms with E-state index in [-0.39, 0.29) is 32.5 Å². The highest BCUT2D eigenvalue weighted by Gasteiger charge is 2.53. The second-order valence-electron chi connectivity index (χ2n) is 36.1. The zero-order chi connectivity index (χ0) is 76.0. The van der Waals surface area contributed by atoms with Crippen molar-refractivity contribution in [1.82, 2.24) is 29.1 Å². The smallest absolute Gasteiger partial charge is 0.262 e. The molecule has 13 aromatic rings. The molecule has 0 saturated carbocycles. The molecule has 8 heterocycles. The number of rotatable bonds is 10. The van der Waals surface area contributed by atoms with Gasteiger partial charge in [0.2, 0.25) is 35.4 Å². The lowest BCUT2D eigenvalue weighted by Crippen LogP contribution is -2.64. The fraction of sp³-hybridized carbons (Fsp3) is 0.271. The molecule has 0 saturated heterocycles. The molecule has 110 heavy (non-hydrogen) atoms. The topological polar surface area (TPSA) is 92.8 Å². The minimum absolute atomic E-state index is 0.0825. The van der Waals surface area contributed by atoms with Crippen LogP contribution in [0.5, 0.6) is 23.5 Å². The van der Waals surface area contributed by atoms with Crippen molar-refractivity contribution in [2.45, 2.75) is 169 Å². The molecule has 6 aliphatic rings. The minimum Gasteiger partial charge on any atom is -0.423 e. The number of anilines is 12. The number of aromatic nitrogens is 6. The highest BCUT2D eigenvalue weighted by atomic mass is 16.5. The average molecular weight is 1440 g/mol. The van der Waals surface area contributed by atoms with Crippen molar-refractivity contribution < 1.29 is 9.47 Å². The van der Waals surface area contributed by atoms with Crippen LogP contribution < -0.4 is 61.9 Å². The first-order valence-corrected chi connectivity index (χ1v) is 39.4. The van der Waals surface area contributed by atoms with Gasteiger partial charge in [0, 0.05) is 67.3 Å². The summed E-state index contributed by atoms with van der Waals surface area (Å²) >= 11 is 0. The lowest BCUT2D eigenvalue weighted by Gasteiger charge is -2.45. The van der Waals surface area contributed by atoms with E-state index >= 15 is 0 Å². The maximum absolute atomic E-state index is 7.87. The SMILES string of the molecule is Cc1ccccc1N(c1nc2c3c(n1)N(c1ccccc1)c1cc4c(cc1B3c1cc(C(C)(C)C)n(-c3ccccc3)c1O2)B1c2cc(C(C)(C)C)n(-c3ccccc3)c2Oc2nc(N(c3ccccc3C)c3cccc5c3C(C)(C)CCC5(C)C)nc(c21)N4c1ccccc1)c1cccc2c1C(C)(C)CCC2(C)C. The summed E-state index contributed by atoms with van der Waals surface area (Å²) in [6.07, 6.45) is 4.18. The summed E-state index contributed by atoms with van der Waals surface area (Å²) < 4.78 is 20.4. The van der Waals surface area contributed by atoms with Gasteiger partial charge in [-0.05, 0) is 207 Å². The van der Waals surface area contributed by atoms with Gasteiger partial charge in [-0.3, -0.25) is 28.7 Å². The molecule has 0 radical (unpaired) electrons. The Balaban J connectivity index is 0.951. The molecule has 0 spiro atoms. The van der Waals surface area contributed by atoms with Crippen molar-refractivity contribution in [1.29, 1.82) is 0 Å². The second kappa shape index (κ2) is 24.6. The summed E-state index contributed by atoms with van der Waals surface area (Å²) in [6.45, 7) is 36.6. The molecule has 2 aliphatic carbocycles. The molecular formula is C96H94B2N10O2. The van der Waals surface area contributed by atoms with Gasteiger partial charge in [0.1, 0.15) is 11.6 Å². The average Bonchev–Trinajstić information content (AvgIpc) is 1.12. The Morgan fingerprint density at radius 2 is 0.691 bits per heavy atom. The summed E-state index contributed by atoms with van der Waals surface area (Å²) in [5.41, 5.74) is 24.4. The molecule has 0 unspecified atom stereocenters. The molecule has 0 amide bonds. The van der Waals surface area contributed by atoms with E-state index in [1.165, 1.54) is 22.3 Å². The van der Waals surface area contributed by atoms with Crippen LogP contribution in [-0.4, -0.2) is 42.5 Å². The van der Waals surface area contributed by atoms with E-state index in [0.29, 0.717) is 23.7 Å². The van der Waals surface area contributed by atoms with Crippen molar-refractivity contribution in [2.75, 3.05) is 19.6 Å². The Bertz CT molecular complexity index is 5550. The van der Waals surface area contributed by atoms with Crippen LogP contribution in [0.15, 0.2) is 231 Å². The van der Waals surface area contributed by atoms with E-state index in [9.17, 15) is 0 Å². The Morgan fingerprint density at radius 1 is 0.355 bits per heavy atom. The Labute approximate surface area is 648 Å². The maximum Gasteiger partial charge on any atom is 0.262 e. The number of nitrogens with zero attached hydrogens (tertiary/aromatic N) is 10. The van der Waals surface area contributed by atoms with Gasteiger partial charge in [0.05, 0.1) is 22.7 Å². The number of hydrogen-bond acceptors (Lipinski definition) is 10. The normalized spacial score (nSPS) is 16.2. The van der Waals surface area contributed by atoms with E-state index in [0.717, 1.165) is 161 Å². The predicted molar refractivity (Wildman–Crippen MR) is 455 cm³/mol. The molecule has 4 aliphatic heterocycles. The van der Waals surface area contributed by atoms with Gasteiger partial charge in [0.15, 0.2) is 0 Å². The summed E-state index contributed by atoms with van der Waals surface area (Å²) in [4.78, 5) is 33.9. The molecule has 0 bridgehead atoms. The number of hydrogen-bond donors (Lipinski definition) is 0. The third-order valence-electron chi connectivity index (χ3n) is 24.8. The molecule has 19 rings (SSSR count). The summed E-state index contributed by atoms with van der Waals surface area (Å²) in [5.74, 6) is 4.92. The van der Waals surface area contributed by atoms with Crippen molar-refractivity contribution >= 4 is 115 Å². The van der Waals surface area contributed by atoms with Gasteiger partial charge in [0.25, 0.3) is 13.4 Å². The van der Waals surface area contributed by atoms with Gasteiger partial charge in [-0.1, -0.05) is 236 Å². The van der Waals surface area contributed by atoms with E-state index in [1.54, 1.807) is 0 Å². The number of aryl methyl sites for hydroxylation is 2. The first kappa shape index (κ1) is 69.1. The predicted octanol–water partition coefficient (Wildman–Crippen LogP) is 20.5. The zero-order valence-electron chi connectivity index (χ0n) is 66.2.